The molecular formula is C15H22N4O2S2. The van der Waals surface area contributed by atoms with Crippen molar-refractivity contribution in [3.05, 3.63) is 0 Å². The summed E-state index contributed by atoms with van der Waals surface area (Å²) in [6.45, 7) is 1.86. The summed E-state index contributed by atoms with van der Waals surface area (Å²) in [4.78, 5) is 25.8. The Kier molecular flexibility index (Phi) is 5.53. The fraction of sp³-hybridized carbons (Fsp3) is 0.733. The lowest BCUT2D eigenvalue weighted by atomic mass is 10.2. The minimum Gasteiger partial charge on any atom is -0.353 e. The standard InChI is InChI=1S/C15H22N4O2S2/c1-2-13(21)19(11-7-8-11)14-17-18-15(23-14)22-9-12(20)16-10-5-3-4-6-10/h10-11H,2-9H2,1H3,(H,16,20). The van der Waals surface area contributed by atoms with E-state index >= 15 is 0 Å². The fourth-order valence-electron chi connectivity index (χ4n) is 2.79. The summed E-state index contributed by atoms with van der Waals surface area (Å²) in [5.74, 6) is 0.512. The minimum atomic E-state index is 0.0577. The molecule has 0 saturated heterocycles. The maximum atomic E-state index is 12.1. The molecule has 0 bridgehead atoms. The third-order valence-electron chi connectivity index (χ3n) is 4.13. The Bertz CT molecular complexity index is 568. The van der Waals surface area contributed by atoms with Gasteiger partial charge in [-0.05, 0) is 25.7 Å². The Morgan fingerprint density at radius 3 is 2.65 bits per heavy atom. The Labute approximate surface area is 144 Å². The van der Waals surface area contributed by atoms with Crippen LogP contribution in [-0.4, -0.2) is 39.8 Å². The van der Waals surface area contributed by atoms with Crippen LogP contribution in [0.5, 0.6) is 0 Å². The average Bonchev–Trinajstić information content (AvgIpc) is 3.04. The number of rotatable bonds is 7. The number of aromatic nitrogens is 2. The largest absolute Gasteiger partial charge is 0.353 e. The van der Waals surface area contributed by atoms with Gasteiger partial charge in [-0.2, -0.15) is 0 Å². The van der Waals surface area contributed by atoms with Crippen LogP contribution in [0.1, 0.15) is 51.9 Å². The van der Waals surface area contributed by atoms with Gasteiger partial charge in [0.25, 0.3) is 0 Å². The van der Waals surface area contributed by atoms with Crippen molar-refractivity contribution in [3.8, 4) is 0 Å². The summed E-state index contributed by atoms with van der Waals surface area (Å²) in [7, 11) is 0. The summed E-state index contributed by atoms with van der Waals surface area (Å²) >= 11 is 2.80. The van der Waals surface area contributed by atoms with Gasteiger partial charge in [0.15, 0.2) is 4.34 Å². The quantitative estimate of drug-likeness (QED) is 0.602. The molecule has 1 aromatic rings. The smallest absolute Gasteiger partial charge is 0.230 e. The first kappa shape index (κ1) is 16.7. The first-order valence-electron chi connectivity index (χ1n) is 8.25. The predicted octanol–water partition coefficient (Wildman–Crippen LogP) is 2.59. The van der Waals surface area contributed by atoms with Crippen LogP contribution in [0.15, 0.2) is 4.34 Å². The molecule has 0 aliphatic heterocycles. The van der Waals surface area contributed by atoms with Crippen LogP contribution in [-0.2, 0) is 9.59 Å². The molecule has 0 unspecified atom stereocenters. The zero-order valence-corrected chi connectivity index (χ0v) is 14.9. The third-order valence-corrected chi connectivity index (χ3v) is 6.19. The van der Waals surface area contributed by atoms with Crippen LogP contribution in [0.2, 0.25) is 0 Å². The average molecular weight is 355 g/mol. The molecule has 1 N–H and O–H groups in total. The normalized spacial score (nSPS) is 18.1. The van der Waals surface area contributed by atoms with Crippen LogP contribution in [0.25, 0.3) is 0 Å². The highest BCUT2D eigenvalue weighted by Gasteiger charge is 2.35. The number of nitrogens with zero attached hydrogens (tertiary/aromatic N) is 3. The van der Waals surface area contributed by atoms with Gasteiger partial charge >= 0.3 is 0 Å². The molecule has 8 heteroatoms. The van der Waals surface area contributed by atoms with Crippen molar-refractivity contribution in [3.63, 3.8) is 0 Å². The van der Waals surface area contributed by atoms with Gasteiger partial charge in [-0.3, -0.25) is 14.5 Å². The molecule has 2 aliphatic rings. The summed E-state index contributed by atoms with van der Waals surface area (Å²) < 4.78 is 0.746. The monoisotopic (exact) mass is 354 g/mol. The first-order chi connectivity index (χ1) is 11.2. The third kappa shape index (κ3) is 4.44. The topological polar surface area (TPSA) is 75.2 Å². The lowest BCUT2D eigenvalue weighted by molar-refractivity contribution is -0.119. The van der Waals surface area contributed by atoms with E-state index in [1.807, 2.05) is 6.92 Å². The molecule has 0 aromatic carbocycles. The zero-order chi connectivity index (χ0) is 16.2. The van der Waals surface area contributed by atoms with Crippen molar-refractivity contribution in [2.75, 3.05) is 10.7 Å². The number of carbonyl (C=O) groups excluding carboxylic acids is 2. The van der Waals surface area contributed by atoms with Gasteiger partial charge in [-0.1, -0.05) is 42.9 Å². The maximum absolute atomic E-state index is 12.1. The highest BCUT2D eigenvalue weighted by Crippen LogP contribution is 2.36. The highest BCUT2D eigenvalue weighted by molar-refractivity contribution is 8.01. The van der Waals surface area contributed by atoms with Gasteiger partial charge in [0, 0.05) is 18.5 Å². The molecule has 6 nitrogen and oxygen atoms in total. The molecule has 126 valence electrons. The van der Waals surface area contributed by atoms with Crippen molar-refractivity contribution in [2.45, 2.75) is 68.3 Å². The number of hydrogen-bond acceptors (Lipinski definition) is 6. The molecule has 0 spiro atoms. The number of amides is 2. The van der Waals surface area contributed by atoms with E-state index in [0.29, 0.717) is 29.4 Å². The second-order valence-corrected chi connectivity index (χ2v) is 8.22. The van der Waals surface area contributed by atoms with E-state index in [2.05, 4.69) is 15.5 Å². The molecular weight excluding hydrogens is 332 g/mol. The molecule has 0 radical (unpaired) electrons. The van der Waals surface area contributed by atoms with Crippen LogP contribution >= 0.6 is 23.1 Å². The van der Waals surface area contributed by atoms with Gasteiger partial charge in [-0.25, -0.2) is 0 Å². The minimum absolute atomic E-state index is 0.0577. The van der Waals surface area contributed by atoms with E-state index in [1.54, 1.807) is 4.90 Å². The predicted molar refractivity (Wildman–Crippen MR) is 91.8 cm³/mol. The van der Waals surface area contributed by atoms with Crippen LogP contribution < -0.4 is 10.2 Å². The van der Waals surface area contributed by atoms with Gasteiger partial charge in [0.2, 0.25) is 16.9 Å². The van der Waals surface area contributed by atoms with Gasteiger partial charge < -0.3 is 5.32 Å². The molecule has 2 aliphatic carbocycles. The summed E-state index contributed by atoms with van der Waals surface area (Å²) in [6.07, 6.45) is 7.15. The van der Waals surface area contributed by atoms with Crippen molar-refractivity contribution >= 4 is 40.0 Å². The van der Waals surface area contributed by atoms with Crippen molar-refractivity contribution in [1.82, 2.24) is 15.5 Å². The second kappa shape index (κ2) is 7.61. The lowest BCUT2D eigenvalue weighted by Gasteiger charge is -2.17. The van der Waals surface area contributed by atoms with Gasteiger partial charge in [0.1, 0.15) is 0 Å². The Morgan fingerprint density at radius 1 is 1.26 bits per heavy atom. The number of carbonyl (C=O) groups is 2. The Morgan fingerprint density at radius 2 is 2.00 bits per heavy atom. The van der Waals surface area contributed by atoms with Gasteiger partial charge in [0.05, 0.1) is 5.75 Å². The Hall–Kier alpha value is -1.15. The molecule has 2 saturated carbocycles. The maximum Gasteiger partial charge on any atom is 0.230 e. The van der Waals surface area contributed by atoms with E-state index < -0.39 is 0 Å². The number of nitrogens with one attached hydrogen (secondary N) is 1. The van der Waals surface area contributed by atoms with Crippen molar-refractivity contribution < 1.29 is 9.59 Å². The molecule has 0 atom stereocenters. The number of hydrogen-bond donors (Lipinski definition) is 1. The van der Waals surface area contributed by atoms with E-state index in [0.717, 1.165) is 30.0 Å². The first-order valence-corrected chi connectivity index (χ1v) is 10.0. The molecule has 23 heavy (non-hydrogen) atoms. The second-order valence-electron chi connectivity index (χ2n) is 6.04. The molecule has 2 fully saturated rings. The van der Waals surface area contributed by atoms with E-state index in [-0.39, 0.29) is 11.8 Å². The molecule has 2 amide bonds. The van der Waals surface area contributed by atoms with Crippen molar-refractivity contribution in [1.29, 1.82) is 0 Å². The number of thioether (sulfide) groups is 1. The summed E-state index contributed by atoms with van der Waals surface area (Å²) in [6, 6.07) is 0.638. The molecule has 1 aromatic heterocycles. The van der Waals surface area contributed by atoms with E-state index in [4.69, 9.17) is 0 Å². The molecule has 3 rings (SSSR count). The summed E-state index contributed by atoms with van der Waals surface area (Å²) in [5, 5.41) is 12.0. The van der Waals surface area contributed by atoms with E-state index in [9.17, 15) is 9.59 Å². The van der Waals surface area contributed by atoms with Crippen molar-refractivity contribution in [2.24, 2.45) is 0 Å². The van der Waals surface area contributed by atoms with Crippen LogP contribution in [0.3, 0.4) is 0 Å². The number of anilines is 1. The summed E-state index contributed by atoms with van der Waals surface area (Å²) in [5.41, 5.74) is 0. The van der Waals surface area contributed by atoms with Gasteiger partial charge in [-0.15, -0.1) is 10.2 Å². The zero-order valence-electron chi connectivity index (χ0n) is 13.3. The van der Waals surface area contributed by atoms with Crippen LogP contribution in [0.4, 0.5) is 5.13 Å². The highest BCUT2D eigenvalue weighted by atomic mass is 32.2. The fourth-order valence-corrected chi connectivity index (χ4v) is 4.54. The van der Waals surface area contributed by atoms with E-state index in [1.165, 1.54) is 35.9 Å². The van der Waals surface area contributed by atoms with Crippen LogP contribution in [0, 0.1) is 0 Å². The molecule has 1 heterocycles. The SMILES string of the molecule is CCC(=O)N(c1nnc(SCC(=O)NC2CCCC2)s1)C1CC1. The Balaban J connectivity index is 1.52. The lowest BCUT2D eigenvalue weighted by Crippen LogP contribution is -2.33.